The van der Waals surface area contributed by atoms with E-state index >= 15 is 0 Å². The maximum Gasteiger partial charge on any atom is 0.258 e. The fraction of sp³-hybridized carbons (Fsp3) is 0.154. The fourth-order valence-corrected chi connectivity index (χ4v) is 3.95. The molecule has 0 bridgehead atoms. The molecule has 2 amide bonds. The van der Waals surface area contributed by atoms with Gasteiger partial charge in [-0.3, -0.25) is 9.59 Å². The van der Waals surface area contributed by atoms with Gasteiger partial charge in [-0.25, -0.2) is 0 Å². The Balaban J connectivity index is 1.25. The van der Waals surface area contributed by atoms with Gasteiger partial charge in [0.2, 0.25) is 17.6 Å². The number of benzene rings is 3. The van der Waals surface area contributed by atoms with Crippen LogP contribution in [0.15, 0.2) is 83.4 Å². The Kier molecular flexibility index (Phi) is 5.78. The lowest BCUT2D eigenvalue weighted by Crippen LogP contribution is -2.28. The van der Waals surface area contributed by atoms with E-state index in [0.29, 0.717) is 35.4 Å². The van der Waals surface area contributed by atoms with Crippen molar-refractivity contribution in [2.45, 2.75) is 6.42 Å². The largest absolute Gasteiger partial charge is 0.495 e. The number of ether oxygens (including phenoxy) is 1. The summed E-state index contributed by atoms with van der Waals surface area (Å²) in [7, 11) is 1.56. The first-order chi connectivity index (χ1) is 16.6. The molecular formula is C26H22N4O4. The van der Waals surface area contributed by atoms with Crippen molar-refractivity contribution >= 4 is 23.2 Å². The summed E-state index contributed by atoms with van der Waals surface area (Å²) in [4.78, 5) is 31.5. The van der Waals surface area contributed by atoms with E-state index in [1.54, 1.807) is 42.3 Å². The minimum Gasteiger partial charge on any atom is -0.495 e. The summed E-state index contributed by atoms with van der Waals surface area (Å²) in [6.07, 6.45) is 0.145. The van der Waals surface area contributed by atoms with Crippen LogP contribution < -0.4 is 15.0 Å². The molecule has 1 aliphatic rings. The van der Waals surface area contributed by atoms with Crippen LogP contribution in [0.25, 0.3) is 22.8 Å². The number of para-hydroxylation sites is 2. The molecule has 1 N–H and O–H groups in total. The van der Waals surface area contributed by atoms with Crippen LogP contribution in [-0.4, -0.2) is 35.6 Å². The lowest BCUT2D eigenvalue weighted by molar-refractivity contribution is -0.122. The molecule has 0 spiro atoms. The van der Waals surface area contributed by atoms with Gasteiger partial charge in [0.05, 0.1) is 18.7 Å². The molecule has 1 atom stereocenters. The summed E-state index contributed by atoms with van der Waals surface area (Å²) in [6.45, 7) is 0.299. The van der Waals surface area contributed by atoms with E-state index in [-0.39, 0.29) is 18.2 Å². The summed E-state index contributed by atoms with van der Waals surface area (Å²) in [5.74, 6) is 0.739. The van der Waals surface area contributed by atoms with Crippen LogP contribution >= 0.6 is 0 Å². The summed E-state index contributed by atoms with van der Waals surface area (Å²) >= 11 is 0. The highest BCUT2D eigenvalue weighted by molar-refractivity contribution is 6.04. The van der Waals surface area contributed by atoms with Crippen LogP contribution in [0.4, 0.5) is 11.4 Å². The molecule has 0 unspecified atom stereocenters. The van der Waals surface area contributed by atoms with Crippen LogP contribution in [-0.2, 0) is 9.59 Å². The molecule has 4 aromatic rings. The van der Waals surface area contributed by atoms with Gasteiger partial charge >= 0.3 is 0 Å². The average Bonchev–Trinajstić information content (AvgIpc) is 3.52. The number of anilines is 2. The van der Waals surface area contributed by atoms with Gasteiger partial charge in [0.25, 0.3) is 5.89 Å². The second-order valence-corrected chi connectivity index (χ2v) is 7.93. The first-order valence-electron chi connectivity index (χ1n) is 10.9. The zero-order chi connectivity index (χ0) is 23.5. The summed E-state index contributed by atoms with van der Waals surface area (Å²) in [5.41, 5.74) is 2.91. The number of hydrogen-bond acceptors (Lipinski definition) is 6. The molecular weight excluding hydrogens is 432 g/mol. The Morgan fingerprint density at radius 3 is 2.50 bits per heavy atom. The minimum atomic E-state index is -0.457. The molecule has 8 nitrogen and oxygen atoms in total. The number of rotatable bonds is 6. The first kappa shape index (κ1) is 21.4. The summed E-state index contributed by atoms with van der Waals surface area (Å²) in [5, 5.41) is 6.94. The van der Waals surface area contributed by atoms with Crippen molar-refractivity contribution in [1.29, 1.82) is 0 Å². The molecule has 0 radical (unpaired) electrons. The lowest BCUT2D eigenvalue weighted by atomic mass is 10.1. The molecule has 0 saturated carbocycles. The van der Waals surface area contributed by atoms with Gasteiger partial charge in [0.1, 0.15) is 5.75 Å². The van der Waals surface area contributed by atoms with Crippen molar-refractivity contribution in [2.75, 3.05) is 23.9 Å². The Morgan fingerprint density at radius 1 is 1.00 bits per heavy atom. The number of carbonyl (C=O) groups excluding carboxylic acids is 2. The smallest absolute Gasteiger partial charge is 0.258 e. The van der Waals surface area contributed by atoms with Gasteiger partial charge in [-0.2, -0.15) is 4.98 Å². The third-order valence-electron chi connectivity index (χ3n) is 5.73. The fourth-order valence-electron chi connectivity index (χ4n) is 3.95. The van der Waals surface area contributed by atoms with E-state index in [1.807, 2.05) is 48.5 Å². The number of nitrogens with zero attached hydrogens (tertiary/aromatic N) is 3. The Hall–Kier alpha value is -4.46. The van der Waals surface area contributed by atoms with Crippen LogP contribution in [0.3, 0.4) is 0 Å². The van der Waals surface area contributed by atoms with Crippen LogP contribution in [0.1, 0.15) is 6.42 Å². The summed E-state index contributed by atoms with van der Waals surface area (Å²) in [6, 6.07) is 24.0. The lowest BCUT2D eigenvalue weighted by Gasteiger charge is -2.19. The Labute approximate surface area is 196 Å². The number of aromatic nitrogens is 2. The second kappa shape index (κ2) is 9.19. The molecule has 3 aromatic carbocycles. The van der Waals surface area contributed by atoms with Crippen molar-refractivity contribution in [2.24, 2.45) is 5.92 Å². The molecule has 5 rings (SSSR count). The van der Waals surface area contributed by atoms with Crippen molar-refractivity contribution in [1.82, 2.24) is 10.1 Å². The van der Waals surface area contributed by atoms with Crippen LogP contribution in [0.2, 0.25) is 0 Å². The third-order valence-corrected chi connectivity index (χ3v) is 5.73. The molecule has 1 fully saturated rings. The van der Waals surface area contributed by atoms with E-state index in [4.69, 9.17) is 9.26 Å². The number of carbonyl (C=O) groups is 2. The molecule has 34 heavy (non-hydrogen) atoms. The predicted molar refractivity (Wildman–Crippen MR) is 127 cm³/mol. The van der Waals surface area contributed by atoms with Gasteiger partial charge in [-0.15, -0.1) is 0 Å². The first-order valence-corrected chi connectivity index (χ1v) is 10.9. The monoisotopic (exact) mass is 454 g/mol. The quantitative estimate of drug-likeness (QED) is 0.464. The SMILES string of the molecule is COc1ccccc1N1C[C@@H](C(=O)Nc2ccc(-c3nc(-c4ccccc4)no3)cc2)CC1=O. The Bertz CT molecular complexity index is 1320. The maximum atomic E-state index is 12.8. The molecule has 1 saturated heterocycles. The number of amides is 2. The van der Waals surface area contributed by atoms with E-state index < -0.39 is 5.92 Å². The molecule has 1 aromatic heterocycles. The molecule has 8 heteroatoms. The van der Waals surface area contributed by atoms with Crippen LogP contribution in [0, 0.1) is 5.92 Å². The normalized spacial score (nSPS) is 15.4. The van der Waals surface area contributed by atoms with Crippen molar-refractivity contribution in [3.05, 3.63) is 78.9 Å². The van der Waals surface area contributed by atoms with Crippen molar-refractivity contribution < 1.29 is 18.8 Å². The summed E-state index contributed by atoms with van der Waals surface area (Å²) < 4.78 is 10.8. The highest BCUT2D eigenvalue weighted by atomic mass is 16.5. The van der Waals surface area contributed by atoms with E-state index in [9.17, 15) is 9.59 Å². The van der Waals surface area contributed by atoms with E-state index in [0.717, 1.165) is 11.1 Å². The topological polar surface area (TPSA) is 97.6 Å². The standard InChI is InChI=1S/C26H22N4O4/c1-33-22-10-6-5-9-21(22)30-16-19(15-23(30)31)25(32)27-20-13-11-18(12-14-20)26-28-24(29-34-26)17-7-3-2-4-8-17/h2-14,19H,15-16H2,1H3,(H,27,32)/t19-/m0/s1. The zero-order valence-electron chi connectivity index (χ0n) is 18.5. The van der Waals surface area contributed by atoms with Crippen molar-refractivity contribution in [3.63, 3.8) is 0 Å². The highest BCUT2D eigenvalue weighted by Crippen LogP contribution is 2.33. The van der Waals surface area contributed by atoms with Crippen LogP contribution in [0.5, 0.6) is 5.75 Å². The van der Waals surface area contributed by atoms with Gasteiger partial charge in [0.15, 0.2) is 0 Å². The molecule has 2 heterocycles. The molecule has 170 valence electrons. The second-order valence-electron chi connectivity index (χ2n) is 7.93. The van der Waals surface area contributed by atoms with Gasteiger partial charge in [-0.1, -0.05) is 47.6 Å². The minimum absolute atomic E-state index is 0.106. The molecule has 0 aliphatic carbocycles. The van der Waals surface area contributed by atoms with Gasteiger partial charge in [-0.05, 0) is 36.4 Å². The number of nitrogens with one attached hydrogen (secondary N) is 1. The van der Waals surface area contributed by atoms with Gasteiger partial charge in [0, 0.05) is 29.8 Å². The van der Waals surface area contributed by atoms with E-state index in [1.165, 1.54) is 0 Å². The van der Waals surface area contributed by atoms with Gasteiger partial charge < -0.3 is 19.5 Å². The average molecular weight is 454 g/mol. The zero-order valence-corrected chi connectivity index (χ0v) is 18.5. The number of methoxy groups -OCH3 is 1. The maximum absolute atomic E-state index is 12.8. The Morgan fingerprint density at radius 2 is 1.74 bits per heavy atom. The third kappa shape index (κ3) is 4.25. The number of hydrogen-bond donors (Lipinski definition) is 1. The highest BCUT2D eigenvalue weighted by Gasteiger charge is 2.36. The predicted octanol–water partition coefficient (Wildman–Crippen LogP) is 4.40. The van der Waals surface area contributed by atoms with Crippen molar-refractivity contribution in [3.8, 4) is 28.6 Å². The molecule has 1 aliphatic heterocycles. The van der Waals surface area contributed by atoms with E-state index in [2.05, 4.69) is 15.5 Å².